The van der Waals surface area contributed by atoms with E-state index in [0.29, 0.717) is 6.42 Å². The summed E-state index contributed by atoms with van der Waals surface area (Å²) in [6.07, 6.45) is 0.583. The van der Waals surface area contributed by atoms with E-state index in [9.17, 15) is 10.1 Å². The normalized spacial score (nSPS) is 12.0. The van der Waals surface area contributed by atoms with Crippen LogP contribution in [0.5, 0.6) is 5.75 Å². The number of hydrogen-bond donors (Lipinski definition) is 0. The SMILES string of the molecule is COc1ccc(C)cc1C(Cl)Cc1ccc([N+](=O)[O-])cc1. The fraction of sp³-hybridized carbons (Fsp3) is 0.250. The van der Waals surface area contributed by atoms with E-state index < -0.39 is 4.92 Å². The van der Waals surface area contributed by atoms with Gasteiger partial charge in [-0.05, 0) is 25.0 Å². The summed E-state index contributed by atoms with van der Waals surface area (Å²) in [5.74, 6) is 0.752. The third kappa shape index (κ3) is 3.73. The lowest BCUT2D eigenvalue weighted by atomic mass is 10.0. The summed E-state index contributed by atoms with van der Waals surface area (Å²) in [6.45, 7) is 2.00. The van der Waals surface area contributed by atoms with Crippen LogP contribution in [0, 0.1) is 17.0 Å². The lowest BCUT2D eigenvalue weighted by molar-refractivity contribution is -0.384. The molecule has 5 heteroatoms. The van der Waals surface area contributed by atoms with Crippen LogP contribution in [0.2, 0.25) is 0 Å². The Labute approximate surface area is 128 Å². The van der Waals surface area contributed by atoms with Crippen molar-refractivity contribution in [3.63, 3.8) is 0 Å². The van der Waals surface area contributed by atoms with E-state index in [2.05, 4.69) is 0 Å². The van der Waals surface area contributed by atoms with E-state index >= 15 is 0 Å². The van der Waals surface area contributed by atoms with Gasteiger partial charge in [-0.15, -0.1) is 11.6 Å². The van der Waals surface area contributed by atoms with Gasteiger partial charge in [-0.25, -0.2) is 0 Å². The number of hydrogen-bond acceptors (Lipinski definition) is 3. The molecule has 2 aromatic carbocycles. The summed E-state index contributed by atoms with van der Waals surface area (Å²) in [7, 11) is 1.61. The molecule has 4 nitrogen and oxygen atoms in total. The van der Waals surface area contributed by atoms with Crippen LogP contribution >= 0.6 is 11.6 Å². The van der Waals surface area contributed by atoms with Crippen LogP contribution in [0.1, 0.15) is 22.1 Å². The topological polar surface area (TPSA) is 52.4 Å². The predicted molar refractivity (Wildman–Crippen MR) is 83.1 cm³/mol. The highest BCUT2D eigenvalue weighted by atomic mass is 35.5. The molecule has 1 unspecified atom stereocenters. The van der Waals surface area contributed by atoms with Crippen LogP contribution in [0.25, 0.3) is 0 Å². The van der Waals surface area contributed by atoms with Gasteiger partial charge in [0.25, 0.3) is 5.69 Å². The standard InChI is InChI=1S/C16H16ClNO3/c1-11-3-8-16(21-2)14(9-11)15(17)10-12-4-6-13(7-5-12)18(19)20/h3-9,15H,10H2,1-2H3. The molecule has 0 aliphatic heterocycles. The fourth-order valence-corrected chi connectivity index (χ4v) is 2.52. The van der Waals surface area contributed by atoms with Crippen molar-refractivity contribution in [2.45, 2.75) is 18.7 Å². The van der Waals surface area contributed by atoms with Gasteiger partial charge in [-0.2, -0.15) is 0 Å². The molecular weight excluding hydrogens is 290 g/mol. The van der Waals surface area contributed by atoms with E-state index in [0.717, 1.165) is 22.4 Å². The molecular formula is C16H16ClNO3. The Morgan fingerprint density at radius 2 is 1.90 bits per heavy atom. The molecule has 110 valence electrons. The van der Waals surface area contributed by atoms with Gasteiger partial charge in [-0.3, -0.25) is 10.1 Å². The zero-order valence-corrected chi connectivity index (χ0v) is 12.6. The van der Waals surface area contributed by atoms with Crippen molar-refractivity contribution in [3.05, 3.63) is 69.3 Å². The first-order valence-corrected chi connectivity index (χ1v) is 6.97. The third-order valence-electron chi connectivity index (χ3n) is 3.28. The van der Waals surface area contributed by atoms with Crippen LogP contribution in [0.3, 0.4) is 0 Å². The summed E-state index contributed by atoms with van der Waals surface area (Å²) < 4.78 is 5.34. The smallest absolute Gasteiger partial charge is 0.269 e. The first-order chi connectivity index (χ1) is 10.0. The molecule has 0 heterocycles. The van der Waals surface area contributed by atoms with Crippen molar-refractivity contribution in [1.82, 2.24) is 0 Å². The number of nitrogens with zero attached hydrogens (tertiary/aromatic N) is 1. The van der Waals surface area contributed by atoms with Gasteiger partial charge in [0.1, 0.15) is 5.75 Å². The second-order valence-electron chi connectivity index (χ2n) is 4.84. The Hall–Kier alpha value is -2.07. The Balaban J connectivity index is 2.19. The molecule has 0 aliphatic carbocycles. The van der Waals surface area contributed by atoms with Crippen molar-refractivity contribution >= 4 is 17.3 Å². The van der Waals surface area contributed by atoms with Gasteiger partial charge >= 0.3 is 0 Å². The quantitative estimate of drug-likeness (QED) is 0.466. The third-order valence-corrected chi connectivity index (χ3v) is 3.67. The van der Waals surface area contributed by atoms with Gasteiger partial charge in [0.2, 0.25) is 0 Å². The molecule has 1 atom stereocenters. The van der Waals surface area contributed by atoms with Gasteiger partial charge < -0.3 is 4.74 Å². The average molecular weight is 306 g/mol. The van der Waals surface area contributed by atoms with Crippen molar-refractivity contribution in [3.8, 4) is 5.75 Å². The second kappa shape index (κ2) is 6.59. The molecule has 0 fully saturated rings. The first kappa shape index (κ1) is 15.3. The zero-order chi connectivity index (χ0) is 15.4. The Kier molecular flexibility index (Phi) is 4.81. The van der Waals surface area contributed by atoms with Crippen molar-refractivity contribution in [1.29, 1.82) is 0 Å². The summed E-state index contributed by atoms with van der Waals surface area (Å²) >= 11 is 6.49. The van der Waals surface area contributed by atoms with Crippen LogP contribution in [-0.4, -0.2) is 12.0 Å². The lowest BCUT2D eigenvalue weighted by Gasteiger charge is -2.15. The van der Waals surface area contributed by atoms with Gasteiger partial charge in [0.15, 0.2) is 0 Å². The van der Waals surface area contributed by atoms with E-state index in [4.69, 9.17) is 16.3 Å². The van der Waals surface area contributed by atoms with E-state index in [1.807, 2.05) is 25.1 Å². The highest BCUT2D eigenvalue weighted by molar-refractivity contribution is 6.21. The minimum absolute atomic E-state index is 0.0815. The highest BCUT2D eigenvalue weighted by Gasteiger charge is 2.15. The van der Waals surface area contributed by atoms with Crippen molar-refractivity contribution in [2.24, 2.45) is 0 Å². The molecule has 0 radical (unpaired) electrons. The maximum Gasteiger partial charge on any atom is 0.269 e. The summed E-state index contributed by atoms with van der Waals surface area (Å²) in [5, 5.41) is 10.4. The fourth-order valence-electron chi connectivity index (χ4n) is 2.17. The molecule has 0 amide bonds. The summed E-state index contributed by atoms with van der Waals surface area (Å²) in [5.41, 5.74) is 3.07. The molecule has 0 aromatic heterocycles. The maximum atomic E-state index is 10.6. The molecule has 0 spiro atoms. The number of halogens is 1. The molecule has 0 N–H and O–H groups in total. The predicted octanol–water partition coefficient (Wildman–Crippen LogP) is 4.43. The number of methoxy groups -OCH3 is 1. The van der Waals surface area contributed by atoms with E-state index in [1.54, 1.807) is 19.2 Å². The lowest BCUT2D eigenvalue weighted by Crippen LogP contribution is -2.00. The molecule has 2 aromatic rings. The summed E-state index contributed by atoms with van der Waals surface area (Å²) in [4.78, 5) is 10.2. The van der Waals surface area contributed by atoms with Crippen LogP contribution < -0.4 is 4.74 Å². The summed E-state index contributed by atoms with van der Waals surface area (Å²) in [6, 6.07) is 12.3. The van der Waals surface area contributed by atoms with Crippen molar-refractivity contribution < 1.29 is 9.66 Å². The van der Waals surface area contributed by atoms with Gasteiger partial charge in [-0.1, -0.05) is 29.8 Å². The number of nitro groups is 1. The van der Waals surface area contributed by atoms with Gasteiger partial charge in [0.05, 0.1) is 17.4 Å². The first-order valence-electron chi connectivity index (χ1n) is 6.53. The number of ether oxygens (including phenoxy) is 1. The minimum atomic E-state index is -0.411. The minimum Gasteiger partial charge on any atom is -0.496 e. The number of rotatable bonds is 5. The molecule has 0 saturated carbocycles. The Morgan fingerprint density at radius 1 is 1.24 bits per heavy atom. The zero-order valence-electron chi connectivity index (χ0n) is 11.9. The number of aryl methyl sites for hydroxylation is 1. The van der Waals surface area contributed by atoms with Crippen LogP contribution in [0.15, 0.2) is 42.5 Å². The second-order valence-corrected chi connectivity index (χ2v) is 5.37. The molecule has 21 heavy (non-hydrogen) atoms. The van der Waals surface area contributed by atoms with E-state index in [-0.39, 0.29) is 11.1 Å². The molecule has 2 rings (SSSR count). The maximum absolute atomic E-state index is 10.6. The number of non-ortho nitro benzene ring substituents is 1. The van der Waals surface area contributed by atoms with E-state index in [1.165, 1.54) is 12.1 Å². The largest absolute Gasteiger partial charge is 0.496 e. The number of benzene rings is 2. The number of nitro benzene ring substituents is 1. The Bertz CT molecular complexity index is 640. The average Bonchev–Trinajstić information content (AvgIpc) is 2.47. The van der Waals surface area contributed by atoms with Crippen LogP contribution in [0.4, 0.5) is 5.69 Å². The van der Waals surface area contributed by atoms with Crippen LogP contribution in [-0.2, 0) is 6.42 Å². The molecule has 0 aliphatic rings. The molecule has 0 bridgehead atoms. The number of alkyl halides is 1. The van der Waals surface area contributed by atoms with Crippen molar-refractivity contribution in [2.75, 3.05) is 7.11 Å². The monoisotopic (exact) mass is 305 g/mol. The Morgan fingerprint density at radius 3 is 2.48 bits per heavy atom. The highest BCUT2D eigenvalue weighted by Crippen LogP contribution is 2.33. The molecule has 0 saturated heterocycles. The van der Waals surface area contributed by atoms with Gasteiger partial charge in [0, 0.05) is 17.7 Å².